The number of hydrogen-bond donors (Lipinski definition) is 2. The van der Waals surface area contributed by atoms with Gasteiger partial charge >= 0.3 is 0 Å². The summed E-state index contributed by atoms with van der Waals surface area (Å²) in [5.41, 5.74) is 1.51. The Hall–Kier alpha value is -2.49. The Morgan fingerprint density at radius 3 is 2.74 bits per heavy atom. The van der Waals surface area contributed by atoms with Gasteiger partial charge in [0.25, 0.3) is 10.0 Å². The van der Waals surface area contributed by atoms with E-state index in [1.54, 1.807) is 31.2 Å². The minimum absolute atomic E-state index is 0. The summed E-state index contributed by atoms with van der Waals surface area (Å²) in [5.74, 6) is 0.532. The van der Waals surface area contributed by atoms with Gasteiger partial charge in [-0.25, -0.2) is 12.8 Å². The first-order valence-corrected chi connectivity index (χ1v) is 11.1. The fraction of sp³-hybridized carbons (Fsp3) is 0.333. The van der Waals surface area contributed by atoms with Crippen LogP contribution in [0, 0.1) is 6.92 Å². The SMILES string of the molecule is COc1ccc(C)cc1S(=O)(=O)Nc1cc(OC2CCNCC2F)c2occc2c1.Cl. The van der Waals surface area contributed by atoms with Crippen LogP contribution in [0.25, 0.3) is 11.0 Å². The Bertz CT molecular complexity index is 1170. The number of fused-ring (bicyclic) bond motifs is 1. The van der Waals surface area contributed by atoms with E-state index in [1.165, 1.54) is 25.5 Å². The number of furan rings is 1. The van der Waals surface area contributed by atoms with Crippen molar-refractivity contribution in [2.45, 2.75) is 30.5 Å². The van der Waals surface area contributed by atoms with Crippen molar-refractivity contribution < 1.29 is 26.7 Å². The molecule has 2 N–H and O–H groups in total. The average molecular weight is 471 g/mol. The van der Waals surface area contributed by atoms with Gasteiger partial charge in [-0.1, -0.05) is 6.07 Å². The number of piperidine rings is 1. The monoisotopic (exact) mass is 470 g/mol. The van der Waals surface area contributed by atoms with Gasteiger partial charge in [0.15, 0.2) is 11.3 Å². The molecule has 0 saturated carbocycles. The number of rotatable bonds is 6. The molecule has 2 unspecified atom stereocenters. The second kappa shape index (κ2) is 9.33. The van der Waals surface area contributed by atoms with Gasteiger partial charge < -0.3 is 19.2 Å². The maximum atomic E-state index is 14.2. The van der Waals surface area contributed by atoms with Crippen LogP contribution in [0.3, 0.4) is 0 Å². The van der Waals surface area contributed by atoms with E-state index in [2.05, 4.69) is 10.0 Å². The van der Waals surface area contributed by atoms with Gasteiger partial charge in [0.1, 0.15) is 22.9 Å². The van der Waals surface area contributed by atoms with Crippen molar-refractivity contribution >= 4 is 39.1 Å². The fourth-order valence-electron chi connectivity index (χ4n) is 3.49. The predicted octanol–water partition coefficient (Wildman–Crippen LogP) is 4.05. The minimum atomic E-state index is -3.94. The Labute approximate surface area is 186 Å². The van der Waals surface area contributed by atoms with Crippen LogP contribution >= 0.6 is 12.4 Å². The number of sulfonamides is 1. The summed E-state index contributed by atoms with van der Waals surface area (Å²) in [6.45, 7) is 2.66. The summed E-state index contributed by atoms with van der Waals surface area (Å²) >= 11 is 0. The van der Waals surface area contributed by atoms with Crippen LogP contribution in [0.15, 0.2) is 52.0 Å². The zero-order valence-electron chi connectivity index (χ0n) is 17.1. The lowest BCUT2D eigenvalue weighted by Gasteiger charge is -2.27. The van der Waals surface area contributed by atoms with Crippen molar-refractivity contribution in [1.82, 2.24) is 5.32 Å². The van der Waals surface area contributed by atoms with Crippen LogP contribution < -0.4 is 19.5 Å². The molecule has 0 aliphatic carbocycles. The lowest BCUT2D eigenvalue weighted by atomic mass is 10.1. The van der Waals surface area contributed by atoms with Gasteiger partial charge in [-0.2, -0.15) is 0 Å². The van der Waals surface area contributed by atoms with Crippen LogP contribution in [-0.4, -0.2) is 40.9 Å². The molecular formula is C21H24ClFN2O5S. The normalized spacial score (nSPS) is 18.9. The smallest absolute Gasteiger partial charge is 0.265 e. The van der Waals surface area contributed by atoms with Gasteiger partial charge in [-0.3, -0.25) is 4.72 Å². The van der Waals surface area contributed by atoms with E-state index in [0.29, 0.717) is 29.7 Å². The summed E-state index contributed by atoms with van der Waals surface area (Å²) in [4.78, 5) is 0.0296. The first-order chi connectivity index (χ1) is 14.4. The lowest BCUT2D eigenvalue weighted by molar-refractivity contribution is 0.0736. The van der Waals surface area contributed by atoms with Crippen molar-refractivity contribution in [3.8, 4) is 11.5 Å². The molecule has 1 fully saturated rings. The number of ether oxygens (including phenoxy) is 2. The lowest BCUT2D eigenvalue weighted by Crippen LogP contribution is -2.44. The Balaban J connectivity index is 0.00000272. The maximum Gasteiger partial charge on any atom is 0.265 e. The average Bonchev–Trinajstić information content (AvgIpc) is 3.18. The fourth-order valence-corrected chi connectivity index (χ4v) is 4.79. The summed E-state index contributed by atoms with van der Waals surface area (Å²) in [7, 11) is -2.52. The number of benzene rings is 2. The second-order valence-electron chi connectivity index (χ2n) is 7.24. The molecule has 4 rings (SSSR count). The van der Waals surface area contributed by atoms with E-state index in [9.17, 15) is 12.8 Å². The van der Waals surface area contributed by atoms with Gasteiger partial charge in [0.05, 0.1) is 19.1 Å². The highest BCUT2D eigenvalue weighted by Gasteiger charge is 2.28. The van der Waals surface area contributed by atoms with E-state index in [0.717, 1.165) is 5.56 Å². The van der Waals surface area contributed by atoms with Crippen LogP contribution in [0.1, 0.15) is 12.0 Å². The van der Waals surface area contributed by atoms with Gasteiger partial charge in [0.2, 0.25) is 0 Å². The number of anilines is 1. The van der Waals surface area contributed by atoms with E-state index in [1.807, 2.05) is 0 Å². The molecule has 1 aliphatic heterocycles. The van der Waals surface area contributed by atoms with E-state index >= 15 is 0 Å². The Morgan fingerprint density at radius 2 is 2.00 bits per heavy atom. The first-order valence-electron chi connectivity index (χ1n) is 9.57. The quantitative estimate of drug-likeness (QED) is 0.565. The highest BCUT2D eigenvalue weighted by atomic mass is 35.5. The third-order valence-electron chi connectivity index (χ3n) is 5.00. The molecule has 0 spiro atoms. The van der Waals surface area contributed by atoms with Gasteiger partial charge in [-0.15, -0.1) is 12.4 Å². The highest BCUT2D eigenvalue weighted by molar-refractivity contribution is 7.92. The molecule has 168 valence electrons. The summed E-state index contributed by atoms with van der Waals surface area (Å²) < 4.78 is 59.5. The summed E-state index contributed by atoms with van der Waals surface area (Å²) in [5, 5.41) is 3.62. The summed E-state index contributed by atoms with van der Waals surface area (Å²) in [6.07, 6.45) is 0.179. The van der Waals surface area contributed by atoms with E-state index in [-0.39, 0.29) is 35.3 Å². The molecule has 0 bridgehead atoms. The van der Waals surface area contributed by atoms with Crippen LogP contribution in [-0.2, 0) is 10.0 Å². The molecule has 1 aliphatic rings. The number of hydrogen-bond acceptors (Lipinski definition) is 6. The van der Waals surface area contributed by atoms with Gasteiger partial charge in [-0.05, 0) is 49.7 Å². The standard InChI is InChI=1S/C21H23FN2O5S.ClH/c1-13-3-4-18(27-2)20(9-13)30(25,26)24-15-10-14-6-8-28-21(14)19(11-15)29-17-5-7-23-12-16(17)22;/h3-4,6,8-11,16-17,23-24H,5,7,12H2,1-2H3;1H. The third-order valence-corrected chi connectivity index (χ3v) is 6.41. The molecule has 2 aromatic carbocycles. The molecule has 2 atom stereocenters. The molecule has 31 heavy (non-hydrogen) atoms. The molecule has 1 saturated heterocycles. The van der Waals surface area contributed by atoms with Crippen LogP contribution in [0.4, 0.5) is 10.1 Å². The molecule has 2 heterocycles. The topological polar surface area (TPSA) is 89.8 Å². The second-order valence-corrected chi connectivity index (χ2v) is 8.89. The van der Waals surface area contributed by atoms with Crippen molar-refractivity contribution in [2.75, 3.05) is 24.9 Å². The maximum absolute atomic E-state index is 14.2. The summed E-state index contributed by atoms with van der Waals surface area (Å²) in [6, 6.07) is 9.77. The van der Waals surface area contributed by atoms with Crippen molar-refractivity contribution in [3.63, 3.8) is 0 Å². The van der Waals surface area contributed by atoms with Crippen molar-refractivity contribution in [3.05, 3.63) is 48.2 Å². The zero-order valence-corrected chi connectivity index (χ0v) is 18.7. The van der Waals surface area contributed by atoms with Gasteiger partial charge in [0, 0.05) is 18.0 Å². The number of alkyl halides is 1. The number of methoxy groups -OCH3 is 1. The largest absolute Gasteiger partial charge is 0.495 e. The molecule has 1 aromatic heterocycles. The number of aryl methyl sites for hydroxylation is 1. The van der Waals surface area contributed by atoms with E-state index in [4.69, 9.17) is 13.9 Å². The van der Waals surface area contributed by atoms with Crippen LogP contribution in [0.5, 0.6) is 11.5 Å². The minimum Gasteiger partial charge on any atom is -0.495 e. The Morgan fingerprint density at radius 1 is 1.19 bits per heavy atom. The molecular weight excluding hydrogens is 447 g/mol. The predicted molar refractivity (Wildman–Crippen MR) is 119 cm³/mol. The zero-order chi connectivity index (χ0) is 21.3. The Kier molecular flexibility index (Phi) is 6.98. The molecule has 3 aromatic rings. The van der Waals surface area contributed by atoms with E-state index < -0.39 is 22.3 Å². The molecule has 10 heteroatoms. The molecule has 0 radical (unpaired) electrons. The third kappa shape index (κ3) is 4.89. The van der Waals surface area contributed by atoms with Crippen molar-refractivity contribution in [2.24, 2.45) is 0 Å². The molecule has 0 amide bonds. The first kappa shape index (κ1) is 23.2. The van der Waals surface area contributed by atoms with Crippen molar-refractivity contribution in [1.29, 1.82) is 0 Å². The highest BCUT2D eigenvalue weighted by Crippen LogP contribution is 2.34. The molecule has 7 nitrogen and oxygen atoms in total. The number of nitrogens with one attached hydrogen (secondary N) is 2. The number of halogens is 2. The van der Waals surface area contributed by atoms with Crippen LogP contribution in [0.2, 0.25) is 0 Å².